The first-order chi connectivity index (χ1) is 6.66. The Balaban J connectivity index is 2.36. The number of rotatable bonds is 1. The van der Waals surface area contributed by atoms with E-state index >= 15 is 0 Å². The van der Waals surface area contributed by atoms with Crippen LogP contribution in [-0.4, -0.2) is 18.4 Å². The molecule has 0 amide bonds. The number of halogens is 3. The van der Waals surface area contributed by atoms with Gasteiger partial charge in [0.2, 0.25) is 0 Å². The van der Waals surface area contributed by atoms with E-state index in [1.165, 1.54) is 0 Å². The van der Waals surface area contributed by atoms with E-state index < -0.39 is 17.8 Å². The van der Waals surface area contributed by atoms with E-state index in [1.54, 1.807) is 0 Å². The third-order valence-corrected chi connectivity index (χ3v) is 2.13. The Labute approximate surface area is 79.3 Å². The maximum atomic E-state index is 13.2. The third-order valence-electron chi connectivity index (χ3n) is 2.13. The maximum Gasteiger partial charge on any atom is 0.132 e. The summed E-state index contributed by atoms with van der Waals surface area (Å²) in [6, 6.07) is 3.10. The molecule has 0 N–H and O–H groups in total. The highest BCUT2D eigenvalue weighted by atomic mass is 19.1. The van der Waals surface area contributed by atoms with Crippen LogP contribution in [0.15, 0.2) is 23.2 Å². The summed E-state index contributed by atoms with van der Waals surface area (Å²) < 4.78 is 38.7. The first-order valence-electron chi connectivity index (χ1n) is 4.29. The molecule has 14 heavy (non-hydrogen) atoms. The van der Waals surface area contributed by atoms with Crippen molar-refractivity contribution >= 4 is 5.71 Å². The van der Waals surface area contributed by atoms with Crippen LogP contribution in [-0.2, 0) is 0 Å². The highest BCUT2D eigenvalue weighted by molar-refractivity contribution is 6.02. The molecule has 1 aliphatic rings. The van der Waals surface area contributed by atoms with Gasteiger partial charge in [0.05, 0.1) is 6.54 Å². The summed E-state index contributed by atoms with van der Waals surface area (Å²) in [5.41, 5.74) is 0.389. The van der Waals surface area contributed by atoms with Crippen molar-refractivity contribution in [1.29, 1.82) is 0 Å². The van der Waals surface area contributed by atoms with Crippen molar-refractivity contribution in [2.75, 3.05) is 6.54 Å². The van der Waals surface area contributed by atoms with Crippen LogP contribution in [0.1, 0.15) is 12.0 Å². The first kappa shape index (κ1) is 9.24. The van der Waals surface area contributed by atoms with Crippen LogP contribution in [0.3, 0.4) is 0 Å². The van der Waals surface area contributed by atoms with Crippen LogP contribution in [0.2, 0.25) is 0 Å². The van der Waals surface area contributed by atoms with Crippen molar-refractivity contribution in [2.24, 2.45) is 4.99 Å². The van der Waals surface area contributed by atoms with Crippen LogP contribution < -0.4 is 0 Å². The average Bonchev–Trinajstić information content (AvgIpc) is 2.56. The van der Waals surface area contributed by atoms with Crippen molar-refractivity contribution in [1.82, 2.24) is 0 Å². The van der Waals surface area contributed by atoms with Gasteiger partial charge < -0.3 is 0 Å². The molecule has 2 rings (SSSR count). The van der Waals surface area contributed by atoms with Crippen molar-refractivity contribution in [3.8, 4) is 0 Å². The van der Waals surface area contributed by atoms with Crippen LogP contribution in [0.4, 0.5) is 13.2 Å². The lowest BCUT2D eigenvalue weighted by atomic mass is 10.1. The van der Waals surface area contributed by atoms with Gasteiger partial charge in [-0.3, -0.25) is 4.99 Å². The standard InChI is InChI=1S/C10H8F3N/c11-6-1-2-9(13)8(3-6)10-4-7(12)5-14-10/h1-3,7H,4-5H2/t7-/m0/s1. The Morgan fingerprint density at radius 2 is 2.07 bits per heavy atom. The molecule has 0 fully saturated rings. The summed E-state index contributed by atoms with van der Waals surface area (Å²) in [5, 5.41) is 0. The molecule has 0 aromatic heterocycles. The zero-order valence-electron chi connectivity index (χ0n) is 7.30. The number of nitrogens with zero attached hydrogens (tertiary/aromatic N) is 1. The minimum Gasteiger partial charge on any atom is -0.286 e. The van der Waals surface area contributed by atoms with Crippen molar-refractivity contribution < 1.29 is 13.2 Å². The second-order valence-corrected chi connectivity index (χ2v) is 3.21. The van der Waals surface area contributed by atoms with E-state index in [1.807, 2.05) is 0 Å². The molecule has 1 aromatic rings. The molecule has 0 spiro atoms. The maximum absolute atomic E-state index is 13.2. The second-order valence-electron chi connectivity index (χ2n) is 3.21. The Morgan fingerprint density at radius 1 is 1.29 bits per heavy atom. The lowest BCUT2D eigenvalue weighted by Crippen LogP contribution is -2.05. The predicted octanol–water partition coefficient (Wildman–Crippen LogP) is 2.50. The lowest BCUT2D eigenvalue weighted by Gasteiger charge is -2.02. The minimum absolute atomic E-state index is 0.0469. The summed E-state index contributed by atoms with van der Waals surface area (Å²) in [5.74, 6) is -1.09. The Morgan fingerprint density at radius 3 is 2.71 bits per heavy atom. The molecule has 74 valence electrons. The van der Waals surface area contributed by atoms with Crippen LogP contribution in [0.25, 0.3) is 0 Å². The predicted molar refractivity (Wildman–Crippen MR) is 47.3 cm³/mol. The summed E-state index contributed by atoms with van der Waals surface area (Å²) >= 11 is 0. The SMILES string of the molecule is Fc1ccc(F)c(C2=NC[C@@H](F)C2)c1. The van der Waals surface area contributed by atoms with E-state index in [9.17, 15) is 13.2 Å². The van der Waals surface area contributed by atoms with Gasteiger partial charge in [0, 0.05) is 17.7 Å². The number of alkyl halides is 1. The summed E-state index contributed by atoms with van der Waals surface area (Å²) in [4.78, 5) is 3.82. The lowest BCUT2D eigenvalue weighted by molar-refractivity contribution is 0.367. The molecule has 1 aromatic carbocycles. The molecule has 1 heterocycles. The van der Waals surface area contributed by atoms with Gasteiger partial charge in [-0.2, -0.15) is 0 Å². The number of hydrogen-bond acceptors (Lipinski definition) is 1. The second kappa shape index (κ2) is 3.44. The first-order valence-corrected chi connectivity index (χ1v) is 4.29. The van der Waals surface area contributed by atoms with E-state index in [4.69, 9.17) is 0 Å². The van der Waals surface area contributed by atoms with Gasteiger partial charge in [0.1, 0.15) is 17.8 Å². The highest BCUT2D eigenvalue weighted by Gasteiger charge is 2.21. The van der Waals surface area contributed by atoms with E-state index in [0.29, 0.717) is 5.71 Å². The van der Waals surface area contributed by atoms with Gasteiger partial charge in [-0.05, 0) is 18.2 Å². The number of benzene rings is 1. The molecule has 0 radical (unpaired) electrons. The van der Waals surface area contributed by atoms with Crippen molar-refractivity contribution in [3.63, 3.8) is 0 Å². The highest BCUT2D eigenvalue weighted by Crippen LogP contribution is 2.19. The largest absolute Gasteiger partial charge is 0.286 e. The molecule has 0 saturated heterocycles. The third kappa shape index (κ3) is 1.64. The fourth-order valence-corrected chi connectivity index (χ4v) is 1.46. The van der Waals surface area contributed by atoms with E-state index in [-0.39, 0.29) is 18.5 Å². The molecular weight excluding hydrogens is 191 g/mol. The smallest absolute Gasteiger partial charge is 0.132 e. The van der Waals surface area contributed by atoms with Gasteiger partial charge in [-0.15, -0.1) is 0 Å². The van der Waals surface area contributed by atoms with Crippen LogP contribution in [0.5, 0.6) is 0 Å². The molecule has 4 heteroatoms. The Hall–Kier alpha value is -1.32. The van der Waals surface area contributed by atoms with E-state index in [0.717, 1.165) is 18.2 Å². The van der Waals surface area contributed by atoms with Gasteiger partial charge in [0.25, 0.3) is 0 Å². The fraction of sp³-hybridized carbons (Fsp3) is 0.300. The molecule has 1 nitrogen and oxygen atoms in total. The Bertz CT molecular complexity index is 387. The summed E-state index contributed by atoms with van der Waals surface area (Å²) in [7, 11) is 0. The number of hydrogen-bond donors (Lipinski definition) is 0. The van der Waals surface area contributed by atoms with Crippen LogP contribution >= 0.6 is 0 Å². The molecule has 0 aliphatic carbocycles. The van der Waals surface area contributed by atoms with Crippen molar-refractivity contribution in [3.05, 3.63) is 35.4 Å². The molecule has 0 bridgehead atoms. The molecule has 0 unspecified atom stereocenters. The van der Waals surface area contributed by atoms with Crippen LogP contribution in [0, 0.1) is 11.6 Å². The normalized spacial score (nSPS) is 21.1. The monoisotopic (exact) mass is 199 g/mol. The fourth-order valence-electron chi connectivity index (χ4n) is 1.46. The topological polar surface area (TPSA) is 12.4 Å². The zero-order chi connectivity index (χ0) is 10.1. The average molecular weight is 199 g/mol. The number of aliphatic imine (C=N–C) groups is 1. The molecule has 0 saturated carbocycles. The van der Waals surface area contributed by atoms with Gasteiger partial charge >= 0.3 is 0 Å². The minimum atomic E-state index is -1.06. The Kier molecular flexibility index (Phi) is 2.27. The quantitative estimate of drug-likeness (QED) is 0.659. The van der Waals surface area contributed by atoms with E-state index in [2.05, 4.69) is 4.99 Å². The van der Waals surface area contributed by atoms with Gasteiger partial charge in [-0.25, -0.2) is 13.2 Å². The summed E-state index contributed by atoms with van der Waals surface area (Å²) in [6.07, 6.45) is -0.993. The summed E-state index contributed by atoms with van der Waals surface area (Å²) in [6.45, 7) is 0.0469. The zero-order valence-corrected chi connectivity index (χ0v) is 7.30. The van der Waals surface area contributed by atoms with Crippen molar-refractivity contribution in [2.45, 2.75) is 12.6 Å². The van der Waals surface area contributed by atoms with Gasteiger partial charge in [-0.1, -0.05) is 0 Å². The van der Waals surface area contributed by atoms with Gasteiger partial charge in [0.15, 0.2) is 0 Å². The molecular formula is C10H8F3N. The molecule has 1 aliphatic heterocycles. The molecule has 1 atom stereocenters.